The summed E-state index contributed by atoms with van der Waals surface area (Å²) < 4.78 is 11.7. The average molecular weight is 269 g/mol. The van der Waals surface area contributed by atoms with Gasteiger partial charge in [0.05, 0.1) is 5.60 Å². The zero-order valence-electron chi connectivity index (χ0n) is 12.9. The van der Waals surface area contributed by atoms with Crippen LogP contribution in [0.1, 0.15) is 52.9 Å². The summed E-state index contributed by atoms with van der Waals surface area (Å²) in [6.07, 6.45) is 5.90. The molecule has 2 fully saturated rings. The molecule has 2 aliphatic heterocycles. The van der Waals surface area contributed by atoms with Gasteiger partial charge < -0.3 is 14.8 Å². The number of hydrogen-bond donors (Lipinski definition) is 1. The van der Waals surface area contributed by atoms with Gasteiger partial charge in [0.1, 0.15) is 0 Å². The predicted molar refractivity (Wildman–Crippen MR) is 78.4 cm³/mol. The van der Waals surface area contributed by atoms with Crippen LogP contribution < -0.4 is 5.32 Å². The van der Waals surface area contributed by atoms with E-state index >= 15 is 0 Å². The molecule has 0 aromatic carbocycles. The lowest BCUT2D eigenvalue weighted by Crippen LogP contribution is -2.49. The molecule has 0 aromatic rings. The molecule has 112 valence electrons. The van der Waals surface area contributed by atoms with Crippen molar-refractivity contribution < 1.29 is 9.47 Å². The molecule has 3 nitrogen and oxygen atoms in total. The van der Waals surface area contributed by atoms with Crippen LogP contribution in [0, 0.1) is 11.8 Å². The molecule has 0 amide bonds. The van der Waals surface area contributed by atoms with Gasteiger partial charge in [-0.3, -0.25) is 0 Å². The molecule has 2 aliphatic rings. The van der Waals surface area contributed by atoms with Crippen molar-refractivity contribution in [3.05, 3.63) is 0 Å². The van der Waals surface area contributed by atoms with Crippen LogP contribution in [0.5, 0.6) is 0 Å². The Kier molecular flexibility index (Phi) is 5.67. The first-order valence-corrected chi connectivity index (χ1v) is 8.10. The molecule has 2 rings (SSSR count). The van der Waals surface area contributed by atoms with E-state index in [-0.39, 0.29) is 5.60 Å². The minimum absolute atomic E-state index is 0.131. The maximum atomic E-state index is 6.16. The van der Waals surface area contributed by atoms with E-state index in [2.05, 4.69) is 26.1 Å². The normalized spacial score (nSPS) is 28.7. The average Bonchev–Trinajstić information content (AvgIpc) is 2.39. The second-order valence-corrected chi connectivity index (χ2v) is 6.69. The van der Waals surface area contributed by atoms with Crippen molar-refractivity contribution in [3.63, 3.8) is 0 Å². The predicted octanol–water partition coefficient (Wildman–Crippen LogP) is 2.99. The van der Waals surface area contributed by atoms with E-state index in [4.69, 9.17) is 9.47 Å². The summed E-state index contributed by atoms with van der Waals surface area (Å²) in [4.78, 5) is 0. The first-order valence-electron chi connectivity index (χ1n) is 8.10. The third-order valence-electron chi connectivity index (χ3n) is 4.70. The summed E-state index contributed by atoms with van der Waals surface area (Å²) in [6.45, 7) is 10.6. The molecule has 2 saturated heterocycles. The highest BCUT2D eigenvalue weighted by Crippen LogP contribution is 2.39. The highest BCUT2D eigenvalue weighted by molar-refractivity contribution is 4.92. The van der Waals surface area contributed by atoms with Gasteiger partial charge in [-0.2, -0.15) is 0 Å². The van der Waals surface area contributed by atoms with Crippen molar-refractivity contribution in [1.29, 1.82) is 0 Å². The van der Waals surface area contributed by atoms with Gasteiger partial charge in [-0.05, 0) is 50.5 Å². The van der Waals surface area contributed by atoms with Crippen molar-refractivity contribution in [2.24, 2.45) is 11.8 Å². The molecule has 0 saturated carbocycles. The van der Waals surface area contributed by atoms with Crippen molar-refractivity contribution in [2.45, 2.75) is 64.5 Å². The van der Waals surface area contributed by atoms with Gasteiger partial charge in [0.25, 0.3) is 0 Å². The molecule has 0 aromatic heterocycles. The van der Waals surface area contributed by atoms with E-state index in [0.717, 1.165) is 51.0 Å². The Morgan fingerprint density at radius 2 is 1.95 bits per heavy atom. The standard InChI is InChI=1S/C16H31NO2/c1-4-17-15(11-13(2)3)14-5-8-19-16(12-14)6-9-18-10-7-16/h13-15,17H,4-12H2,1-3H3. The van der Waals surface area contributed by atoms with E-state index < -0.39 is 0 Å². The quantitative estimate of drug-likeness (QED) is 0.832. The molecule has 2 unspecified atom stereocenters. The molecule has 0 radical (unpaired) electrons. The van der Waals surface area contributed by atoms with Crippen LogP contribution >= 0.6 is 0 Å². The largest absolute Gasteiger partial charge is 0.381 e. The molecule has 3 heteroatoms. The van der Waals surface area contributed by atoms with E-state index in [0.29, 0.717) is 6.04 Å². The lowest BCUT2D eigenvalue weighted by Gasteiger charge is -2.45. The van der Waals surface area contributed by atoms with Crippen LogP contribution in [0.3, 0.4) is 0 Å². The van der Waals surface area contributed by atoms with E-state index in [1.807, 2.05) is 0 Å². The summed E-state index contributed by atoms with van der Waals surface area (Å²) >= 11 is 0. The minimum atomic E-state index is 0.131. The smallest absolute Gasteiger partial charge is 0.0729 e. The monoisotopic (exact) mass is 269 g/mol. The SMILES string of the molecule is CCNC(CC(C)C)C1CCOC2(CCOCC2)C1. The fourth-order valence-electron chi connectivity index (χ4n) is 3.71. The highest BCUT2D eigenvalue weighted by atomic mass is 16.5. The second-order valence-electron chi connectivity index (χ2n) is 6.69. The second kappa shape index (κ2) is 7.05. The highest BCUT2D eigenvalue weighted by Gasteiger charge is 2.41. The topological polar surface area (TPSA) is 30.5 Å². The van der Waals surface area contributed by atoms with Crippen LogP contribution in [-0.4, -0.2) is 38.0 Å². The van der Waals surface area contributed by atoms with Crippen LogP contribution in [0.15, 0.2) is 0 Å². The molecule has 1 spiro atoms. The number of hydrogen-bond acceptors (Lipinski definition) is 3. The van der Waals surface area contributed by atoms with Crippen LogP contribution in [0.2, 0.25) is 0 Å². The Labute approximate surface area is 118 Å². The van der Waals surface area contributed by atoms with Gasteiger partial charge in [-0.15, -0.1) is 0 Å². The first-order chi connectivity index (χ1) is 9.15. The number of ether oxygens (including phenoxy) is 2. The molecule has 0 aliphatic carbocycles. The lowest BCUT2D eigenvalue weighted by molar-refractivity contribution is -0.150. The summed E-state index contributed by atoms with van der Waals surface area (Å²) in [6, 6.07) is 0.661. The zero-order valence-corrected chi connectivity index (χ0v) is 12.9. The van der Waals surface area contributed by atoms with Gasteiger partial charge in [0, 0.05) is 25.9 Å². The van der Waals surface area contributed by atoms with Gasteiger partial charge in [0.15, 0.2) is 0 Å². The van der Waals surface area contributed by atoms with Crippen molar-refractivity contribution in [2.75, 3.05) is 26.4 Å². The van der Waals surface area contributed by atoms with Gasteiger partial charge >= 0.3 is 0 Å². The molecule has 0 bridgehead atoms. The summed E-state index contributed by atoms with van der Waals surface area (Å²) in [5, 5.41) is 3.72. The zero-order chi connectivity index (χ0) is 13.7. The van der Waals surface area contributed by atoms with Crippen molar-refractivity contribution in [1.82, 2.24) is 5.32 Å². The molecule has 2 atom stereocenters. The molecular formula is C16H31NO2. The Hall–Kier alpha value is -0.120. The third-order valence-corrected chi connectivity index (χ3v) is 4.70. The van der Waals surface area contributed by atoms with E-state index in [9.17, 15) is 0 Å². The first kappa shape index (κ1) is 15.3. The van der Waals surface area contributed by atoms with Crippen LogP contribution in [0.25, 0.3) is 0 Å². The summed E-state index contributed by atoms with van der Waals surface area (Å²) in [5.74, 6) is 1.53. The van der Waals surface area contributed by atoms with Gasteiger partial charge in [-0.25, -0.2) is 0 Å². The molecule has 19 heavy (non-hydrogen) atoms. The van der Waals surface area contributed by atoms with Crippen molar-refractivity contribution >= 4 is 0 Å². The minimum Gasteiger partial charge on any atom is -0.381 e. The van der Waals surface area contributed by atoms with Crippen molar-refractivity contribution in [3.8, 4) is 0 Å². The molecule has 1 N–H and O–H groups in total. The fraction of sp³-hybridized carbons (Fsp3) is 1.00. The Balaban J connectivity index is 1.97. The lowest BCUT2D eigenvalue weighted by atomic mass is 9.76. The van der Waals surface area contributed by atoms with E-state index in [1.54, 1.807) is 0 Å². The molecule has 2 heterocycles. The summed E-state index contributed by atoms with van der Waals surface area (Å²) in [7, 11) is 0. The van der Waals surface area contributed by atoms with Gasteiger partial charge in [-0.1, -0.05) is 20.8 Å². The number of rotatable bonds is 5. The Bertz CT molecular complexity index is 256. The van der Waals surface area contributed by atoms with E-state index in [1.165, 1.54) is 19.3 Å². The Morgan fingerprint density at radius 1 is 1.21 bits per heavy atom. The maximum absolute atomic E-state index is 6.16. The van der Waals surface area contributed by atoms with Crippen LogP contribution in [-0.2, 0) is 9.47 Å². The van der Waals surface area contributed by atoms with Crippen LogP contribution in [0.4, 0.5) is 0 Å². The third kappa shape index (κ3) is 4.17. The summed E-state index contributed by atoms with van der Waals surface area (Å²) in [5.41, 5.74) is 0.131. The van der Waals surface area contributed by atoms with Gasteiger partial charge in [0.2, 0.25) is 0 Å². The fourth-order valence-corrected chi connectivity index (χ4v) is 3.71. The molecular weight excluding hydrogens is 238 g/mol. The Morgan fingerprint density at radius 3 is 2.58 bits per heavy atom. The number of nitrogens with one attached hydrogen (secondary N) is 1. The maximum Gasteiger partial charge on any atom is 0.0729 e.